The number of carbonyl (C=O) groups is 1. The molecule has 0 radical (unpaired) electrons. The zero-order valence-corrected chi connectivity index (χ0v) is 30.0. The highest BCUT2D eigenvalue weighted by atomic mass is 19.1. The van der Waals surface area contributed by atoms with Gasteiger partial charge >= 0.3 is 0 Å². The maximum atomic E-state index is 14.3. The first-order valence-electron chi connectivity index (χ1n) is 18.3. The molecule has 7 rings (SSSR count). The second-order valence-electron chi connectivity index (χ2n) is 14.9. The summed E-state index contributed by atoms with van der Waals surface area (Å²) in [6.45, 7) is 16.9. The molecule has 3 aromatic rings. The molecule has 1 aliphatic carbocycles. The SMILES string of the molecule is CCN(C(=O)c1cc(F)ccc1Oc1cncnc1N1CC2(CC(Oc3ccnc4c3CN(CCCN3CCN(C)CC3)CC4)C2)C1)C(C)C. The average Bonchev–Trinajstić information content (AvgIpc) is 3.07. The highest BCUT2D eigenvalue weighted by Crippen LogP contribution is 2.52. The van der Waals surface area contributed by atoms with Crippen LogP contribution in [0, 0.1) is 11.2 Å². The Balaban J connectivity index is 0.938. The zero-order valence-electron chi connectivity index (χ0n) is 30.0. The summed E-state index contributed by atoms with van der Waals surface area (Å²) in [5.41, 5.74) is 2.79. The Hall–Kier alpha value is -3.87. The Morgan fingerprint density at radius 2 is 1.80 bits per heavy atom. The molecule has 12 heteroatoms. The van der Waals surface area contributed by atoms with Crippen LogP contribution in [0.4, 0.5) is 10.2 Å². The Labute approximate surface area is 295 Å². The maximum absolute atomic E-state index is 14.3. The summed E-state index contributed by atoms with van der Waals surface area (Å²) in [6, 6.07) is 6.07. The lowest BCUT2D eigenvalue weighted by Crippen LogP contribution is -2.65. The molecule has 0 unspecified atom stereocenters. The van der Waals surface area contributed by atoms with Gasteiger partial charge in [-0.2, -0.15) is 0 Å². The number of ether oxygens (including phenoxy) is 2. The topological polar surface area (TPSA) is 90.4 Å². The molecule has 1 aromatic carbocycles. The molecular formula is C38H51FN8O3. The van der Waals surface area contributed by atoms with Gasteiger partial charge in [0.25, 0.3) is 5.91 Å². The van der Waals surface area contributed by atoms with Crippen LogP contribution in [0.15, 0.2) is 43.0 Å². The molecule has 3 fully saturated rings. The van der Waals surface area contributed by atoms with Gasteiger partial charge in [0.15, 0.2) is 11.6 Å². The molecule has 2 aromatic heterocycles. The minimum Gasteiger partial charge on any atom is -0.490 e. The Kier molecular flexibility index (Phi) is 10.2. The quantitative estimate of drug-likeness (QED) is 0.267. The van der Waals surface area contributed by atoms with E-state index in [0.717, 1.165) is 57.7 Å². The fourth-order valence-electron chi connectivity index (χ4n) is 8.09. The Morgan fingerprint density at radius 3 is 2.56 bits per heavy atom. The third kappa shape index (κ3) is 7.43. The van der Waals surface area contributed by atoms with Crippen LogP contribution >= 0.6 is 0 Å². The van der Waals surface area contributed by atoms with Crippen LogP contribution in [0.1, 0.15) is 61.6 Å². The minimum absolute atomic E-state index is 0.0345. The lowest BCUT2D eigenvalue weighted by Gasteiger charge is -2.59. The van der Waals surface area contributed by atoms with E-state index in [4.69, 9.17) is 14.5 Å². The van der Waals surface area contributed by atoms with E-state index in [1.54, 1.807) is 11.1 Å². The van der Waals surface area contributed by atoms with Gasteiger partial charge in [0.1, 0.15) is 29.7 Å². The van der Waals surface area contributed by atoms with Crippen molar-refractivity contribution >= 4 is 11.7 Å². The zero-order chi connectivity index (χ0) is 34.8. The van der Waals surface area contributed by atoms with Crippen molar-refractivity contribution in [3.05, 3.63) is 65.6 Å². The summed E-state index contributed by atoms with van der Waals surface area (Å²) in [5, 5.41) is 0. The van der Waals surface area contributed by atoms with Gasteiger partial charge in [-0.25, -0.2) is 14.4 Å². The molecule has 0 bridgehead atoms. The number of fused-ring (bicyclic) bond motifs is 1. The summed E-state index contributed by atoms with van der Waals surface area (Å²) in [7, 11) is 2.21. The van der Waals surface area contributed by atoms with E-state index >= 15 is 0 Å². The van der Waals surface area contributed by atoms with Gasteiger partial charge in [0.2, 0.25) is 0 Å². The number of anilines is 1. The van der Waals surface area contributed by atoms with Crippen molar-refractivity contribution < 1.29 is 18.7 Å². The van der Waals surface area contributed by atoms with Crippen LogP contribution in [0.5, 0.6) is 17.2 Å². The molecule has 11 nitrogen and oxygen atoms in total. The molecule has 50 heavy (non-hydrogen) atoms. The number of hydrogen-bond acceptors (Lipinski definition) is 10. The summed E-state index contributed by atoms with van der Waals surface area (Å²) in [5.74, 6) is 1.63. The van der Waals surface area contributed by atoms with Gasteiger partial charge in [0.05, 0.1) is 11.8 Å². The van der Waals surface area contributed by atoms with Gasteiger partial charge in [-0.15, -0.1) is 0 Å². The van der Waals surface area contributed by atoms with E-state index in [2.05, 4.69) is 36.6 Å². The molecule has 1 saturated carbocycles. The molecule has 4 aliphatic rings. The molecule has 3 aliphatic heterocycles. The van der Waals surface area contributed by atoms with Crippen molar-refractivity contribution in [2.45, 2.75) is 65.1 Å². The van der Waals surface area contributed by atoms with Crippen molar-refractivity contribution in [3.8, 4) is 17.2 Å². The number of likely N-dealkylation sites (N-methyl/N-ethyl adjacent to an activating group) is 1. The van der Waals surface area contributed by atoms with Gasteiger partial charge in [-0.05, 0) is 84.4 Å². The van der Waals surface area contributed by atoms with E-state index in [1.165, 1.54) is 74.9 Å². The molecule has 5 heterocycles. The van der Waals surface area contributed by atoms with Crippen molar-refractivity contribution in [2.75, 3.05) is 77.4 Å². The van der Waals surface area contributed by atoms with Crippen LogP contribution < -0.4 is 14.4 Å². The largest absolute Gasteiger partial charge is 0.490 e. The van der Waals surface area contributed by atoms with Crippen LogP contribution in [-0.4, -0.2) is 125 Å². The van der Waals surface area contributed by atoms with E-state index in [1.807, 2.05) is 33.0 Å². The van der Waals surface area contributed by atoms with Gasteiger partial charge < -0.3 is 29.1 Å². The van der Waals surface area contributed by atoms with E-state index in [-0.39, 0.29) is 34.8 Å². The van der Waals surface area contributed by atoms with Crippen molar-refractivity contribution in [2.24, 2.45) is 5.41 Å². The standard InChI is InChI=1S/C38H51FN8O3/c1-5-47(27(2)3)37(48)30-19-28(39)7-8-33(30)50-35-22-40-26-42-36(35)46-24-38(25-46)20-29(21-38)49-34-9-11-41-32-10-14-45(23-31(32)34)13-6-12-44-17-15-43(4)16-18-44/h7-9,11,19,22,26-27,29H,5-6,10,12-18,20-21,23-25H2,1-4H3. The Bertz CT molecular complexity index is 1650. The third-order valence-corrected chi connectivity index (χ3v) is 10.9. The minimum atomic E-state index is -0.488. The van der Waals surface area contributed by atoms with Crippen LogP contribution in [0.25, 0.3) is 0 Å². The summed E-state index contributed by atoms with van der Waals surface area (Å²) < 4.78 is 27.2. The molecule has 1 spiro atoms. The first kappa shape index (κ1) is 34.6. The van der Waals surface area contributed by atoms with E-state index < -0.39 is 5.82 Å². The molecular weight excluding hydrogens is 635 g/mol. The normalized spacial score (nSPS) is 19.6. The molecule has 268 valence electrons. The monoisotopic (exact) mass is 686 g/mol. The van der Waals surface area contributed by atoms with E-state index in [0.29, 0.717) is 18.1 Å². The smallest absolute Gasteiger partial charge is 0.257 e. The van der Waals surface area contributed by atoms with Crippen LogP contribution in [0.3, 0.4) is 0 Å². The molecule has 0 N–H and O–H groups in total. The number of rotatable bonds is 12. The predicted octanol–water partition coefficient (Wildman–Crippen LogP) is 4.72. The van der Waals surface area contributed by atoms with Gasteiger partial charge in [-0.1, -0.05) is 0 Å². The number of benzene rings is 1. The number of amides is 1. The number of nitrogens with zero attached hydrogens (tertiary/aromatic N) is 8. The first-order chi connectivity index (χ1) is 24.2. The summed E-state index contributed by atoms with van der Waals surface area (Å²) >= 11 is 0. The van der Waals surface area contributed by atoms with Crippen LogP contribution in [0.2, 0.25) is 0 Å². The molecule has 0 atom stereocenters. The Morgan fingerprint density at radius 1 is 1.02 bits per heavy atom. The average molecular weight is 687 g/mol. The summed E-state index contributed by atoms with van der Waals surface area (Å²) in [6.07, 6.45) is 9.31. The molecule has 2 saturated heterocycles. The second-order valence-corrected chi connectivity index (χ2v) is 14.9. The fraction of sp³-hybridized carbons (Fsp3) is 0.579. The van der Waals surface area contributed by atoms with E-state index in [9.17, 15) is 9.18 Å². The number of aromatic nitrogens is 3. The third-order valence-electron chi connectivity index (χ3n) is 10.9. The van der Waals surface area contributed by atoms with Gasteiger partial charge in [-0.3, -0.25) is 14.7 Å². The second kappa shape index (κ2) is 14.8. The van der Waals surface area contributed by atoms with Crippen LogP contribution in [-0.2, 0) is 13.0 Å². The first-order valence-corrected chi connectivity index (χ1v) is 18.3. The summed E-state index contributed by atoms with van der Waals surface area (Å²) in [4.78, 5) is 38.3. The van der Waals surface area contributed by atoms with Crippen molar-refractivity contribution in [3.63, 3.8) is 0 Å². The number of carbonyl (C=O) groups excluding carboxylic acids is 1. The number of halogens is 1. The number of hydrogen-bond donors (Lipinski definition) is 0. The maximum Gasteiger partial charge on any atom is 0.257 e. The highest BCUT2D eigenvalue weighted by Gasteiger charge is 2.54. The van der Waals surface area contributed by atoms with Gasteiger partial charge in [0, 0.05) is 94.2 Å². The van der Waals surface area contributed by atoms with Crippen molar-refractivity contribution in [1.29, 1.82) is 0 Å². The fourth-order valence-corrected chi connectivity index (χ4v) is 8.09. The number of piperazine rings is 1. The lowest BCUT2D eigenvalue weighted by molar-refractivity contribution is -0.0352. The lowest BCUT2D eigenvalue weighted by atomic mass is 9.61. The predicted molar refractivity (Wildman–Crippen MR) is 190 cm³/mol. The molecule has 1 amide bonds. The van der Waals surface area contributed by atoms with Crippen molar-refractivity contribution in [1.82, 2.24) is 34.6 Å². The highest BCUT2D eigenvalue weighted by molar-refractivity contribution is 5.97. The number of pyridine rings is 1.